The van der Waals surface area contributed by atoms with E-state index in [1.54, 1.807) is 0 Å². The molecule has 1 aromatic carbocycles. The van der Waals surface area contributed by atoms with Crippen molar-refractivity contribution in [3.8, 4) is 5.75 Å². The van der Waals surface area contributed by atoms with Gasteiger partial charge in [0.15, 0.2) is 6.20 Å². The standard InChI is InChI=1S/C16H20NO/c1-16(2,3)12-9-13-14(17(4)10-12)6-5-11-7-8-18-15(11)13/h5-6,9-10H,7-8H2,1-4H3/q+1. The second-order valence-electron chi connectivity index (χ2n) is 6.17. The molecule has 2 heterocycles. The van der Waals surface area contributed by atoms with Crippen molar-refractivity contribution in [1.29, 1.82) is 0 Å². The third-order valence-electron chi connectivity index (χ3n) is 3.75. The Morgan fingerprint density at radius 3 is 2.72 bits per heavy atom. The van der Waals surface area contributed by atoms with Gasteiger partial charge in [-0.1, -0.05) is 20.8 Å². The van der Waals surface area contributed by atoms with Crippen LogP contribution in [0.5, 0.6) is 5.75 Å². The van der Waals surface area contributed by atoms with E-state index in [2.05, 4.69) is 56.8 Å². The maximum absolute atomic E-state index is 5.82. The Kier molecular flexibility index (Phi) is 2.37. The van der Waals surface area contributed by atoms with Gasteiger partial charge in [-0.3, -0.25) is 0 Å². The number of fused-ring (bicyclic) bond motifs is 3. The van der Waals surface area contributed by atoms with Gasteiger partial charge in [0.2, 0.25) is 5.52 Å². The van der Waals surface area contributed by atoms with Gasteiger partial charge in [0, 0.05) is 18.1 Å². The quantitative estimate of drug-likeness (QED) is 0.647. The molecule has 0 unspecified atom stereocenters. The molecular weight excluding hydrogens is 222 g/mol. The average Bonchev–Trinajstić information content (AvgIpc) is 2.75. The lowest BCUT2D eigenvalue weighted by atomic mass is 9.87. The molecule has 0 bridgehead atoms. The van der Waals surface area contributed by atoms with E-state index in [1.165, 1.54) is 22.0 Å². The fourth-order valence-electron chi connectivity index (χ4n) is 2.59. The molecule has 1 aliphatic heterocycles. The zero-order valence-corrected chi connectivity index (χ0v) is 11.6. The van der Waals surface area contributed by atoms with E-state index < -0.39 is 0 Å². The number of nitrogens with zero attached hydrogens (tertiary/aromatic N) is 1. The highest BCUT2D eigenvalue weighted by Crippen LogP contribution is 2.34. The number of aromatic nitrogens is 1. The van der Waals surface area contributed by atoms with Crippen LogP contribution in [-0.4, -0.2) is 6.61 Å². The summed E-state index contributed by atoms with van der Waals surface area (Å²) in [5.74, 6) is 1.09. The SMILES string of the molecule is C[n+]1cc(C(C)(C)C)cc2c3c(ccc21)CCO3. The molecule has 2 nitrogen and oxygen atoms in total. The minimum Gasteiger partial charge on any atom is -0.492 e. The van der Waals surface area contributed by atoms with Gasteiger partial charge in [0.05, 0.1) is 12.0 Å². The number of hydrogen-bond donors (Lipinski definition) is 0. The molecule has 0 saturated carbocycles. The molecule has 2 heteroatoms. The Labute approximate surface area is 108 Å². The Balaban J connectivity index is 2.34. The normalized spacial score (nSPS) is 14.7. The van der Waals surface area contributed by atoms with Gasteiger partial charge < -0.3 is 4.74 Å². The number of pyridine rings is 1. The summed E-state index contributed by atoms with van der Waals surface area (Å²) in [6, 6.07) is 6.69. The summed E-state index contributed by atoms with van der Waals surface area (Å²) in [7, 11) is 2.11. The Hall–Kier alpha value is -1.57. The van der Waals surface area contributed by atoms with E-state index in [4.69, 9.17) is 4.74 Å². The molecule has 2 aromatic rings. The summed E-state index contributed by atoms with van der Waals surface area (Å²) >= 11 is 0. The highest BCUT2D eigenvalue weighted by molar-refractivity contribution is 5.85. The van der Waals surface area contributed by atoms with Crippen molar-refractivity contribution in [2.24, 2.45) is 7.05 Å². The predicted octanol–water partition coefficient (Wildman–Crippen LogP) is 2.90. The van der Waals surface area contributed by atoms with E-state index in [-0.39, 0.29) is 5.41 Å². The molecular formula is C16H20NO+. The first kappa shape index (κ1) is 11.5. The topological polar surface area (TPSA) is 13.1 Å². The summed E-state index contributed by atoms with van der Waals surface area (Å²) in [6.45, 7) is 7.56. The van der Waals surface area contributed by atoms with Crippen LogP contribution in [0.3, 0.4) is 0 Å². The second kappa shape index (κ2) is 3.71. The fraction of sp³-hybridized carbons (Fsp3) is 0.438. The lowest BCUT2D eigenvalue weighted by Gasteiger charge is -2.18. The first-order chi connectivity index (χ1) is 8.47. The highest BCUT2D eigenvalue weighted by atomic mass is 16.5. The van der Waals surface area contributed by atoms with Crippen molar-refractivity contribution < 1.29 is 9.30 Å². The molecule has 0 aliphatic carbocycles. The molecule has 1 aliphatic rings. The van der Waals surface area contributed by atoms with Crippen LogP contribution in [0.4, 0.5) is 0 Å². The summed E-state index contributed by atoms with van der Waals surface area (Å²) in [5, 5.41) is 1.25. The van der Waals surface area contributed by atoms with Crippen LogP contribution in [0.25, 0.3) is 10.9 Å². The number of rotatable bonds is 0. The molecule has 0 N–H and O–H groups in total. The highest BCUT2D eigenvalue weighted by Gasteiger charge is 2.23. The van der Waals surface area contributed by atoms with Gasteiger partial charge in [-0.25, -0.2) is 4.57 Å². The maximum Gasteiger partial charge on any atom is 0.216 e. The minimum atomic E-state index is 0.160. The Morgan fingerprint density at radius 2 is 2.00 bits per heavy atom. The Bertz CT molecular complexity index is 623. The van der Waals surface area contributed by atoms with Crippen LogP contribution in [0.15, 0.2) is 24.4 Å². The maximum atomic E-state index is 5.82. The molecule has 0 fully saturated rings. The van der Waals surface area contributed by atoms with E-state index in [0.29, 0.717) is 0 Å². The summed E-state index contributed by atoms with van der Waals surface area (Å²) in [5.41, 5.74) is 4.09. The van der Waals surface area contributed by atoms with Gasteiger partial charge in [-0.05, 0) is 23.1 Å². The number of ether oxygens (including phenoxy) is 1. The predicted molar refractivity (Wildman–Crippen MR) is 73.0 cm³/mol. The zero-order chi connectivity index (χ0) is 12.9. The molecule has 0 saturated heterocycles. The van der Waals surface area contributed by atoms with E-state index >= 15 is 0 Å². The third kappa shape index (κ3) is 1.67. The van der Waals surface area contributed by atoms with Crippen molar-refractivity contribution in [3.63, 3.8) is 0 Å². The molecule has 0 atom stereocenters. The van der Waals surface area contributed by atoms with Crippen LogP contribution in [-0.2, 0) is 18.9 Å². The number of benzene rings is 1. The number of aryl methyl sites for hydroxylation is 1. The van der Waals surface area contributed by atoms with E-state index in [0.717, 1.165) is 18.8 Å². The second-order valence-corrected chi connectivity index (χ2v) is 6.17. The van der Waals surface area contributed by atoms with Gasteiger partial charge in [0.25, 0.3) is 0 Å². The third-order valence-corrected chi connectivity index (χ3v) is 3.75. The van der Waals surface area contributed by atoms with Gasteiger partial charge in [-0.15, -0.1) is 0 Å². The van der Waals surface area contributed by atoms with Crippen LogP contribution >= 0.6 is 0 Å². The van der Waals surface area contributed by atoms with Crippen LogP contribution in [0.2, 0.25) is 0 Å². The molecule has 3 rings (SSSR count). The van der Waals surface area contributed by atoms with Crippen molar-refractivity contribution in [1.82, 2.24) is 0 Å². The van der Waals surface area contributed by atoms with Gasteiger partial charge in [-0.2, -0.15) is 0 Å². The van der Waals surface area contributed by atoms with Crippen molar-refractivity contribution >= 4 is 10.9 Å². The smallest absolute Gasteiger partial charge is 0.216 e. The molecule has 0 amide bonds. The van der Waals surface area contributed by atoms with Crippen molar-refractivity contribution in [2.75, 3.05) is 6.61 Å². The summed E-state index contributed by atoms with van der Waals surface area (Å²) in [4.78, 5) is 0. The molecule has 0 radical (unpaired) electrons. The first-order valence-corrected chi connectivity index (χ1v) is 6.55. The molecule has 94 valence electrons. The first-order valence-electron chi connectivity index (χ1n) is 6.55. The molecule has 18 heavy (non-hydrogen) atoms. The van der Waals surface area contributed by atoms with Crippen molar-refractivity contribution in [2.45, 2.75) is 32.6 Å². The largest absolute Gasteiger partial charge is 0.492 e. The van der Waals surface area contributed by atoms with E-state index in [9.17, 15) is 0 Å². The molecule has 1 aromatic heterocycles. The average molecular weight is 242 g/mol. The lowest BCUT2D eigenvalue weighted by molar-refractivity contribution is -0.645. The van der Waals surface area contributed by atoms with E-state index in [1.807, 2.05) is 0 Å². The zero-order valence-electron chi connectivity index (χ0n) is 11.6. The van der Waals surface area contributed by atoms with Crippen LogP contribution < -0.4 is 9.30 Å². The lowest BCUT2D eigenvalue weighted by Crippen LogP contribution is -2.31. The molecule has 0 spiro atoms. The Morgan fingerprint density at radius 1 is 1.22 bits per heavy atom. The monoisotopic (exact) mass is 242 g/mol. The minimum absolute atomic E-state index is 0.160. The summed E-state index contributed by atoms with van der Waals surface area (Å²) in [6.07, 6.45) is 3.26. The fourth-order valence-corrected chi connectivity index (χ4v) is 2.59. The van der Waals surface area contributed by atoms with Crippen molar-refractivity contribution in [3.05, 3.63) is 35.5 Å². The number of hydrogen-bond acceptors (Lipinski definition) is 1. The van der Waals surface area contributed by atoms with Gasteiger partial charge in [0.1, 0.15) is 12.8 Å². The van der Waals surface area contributed by atoms with Crippen LogP contribution in [0, 0.1) is 0 Å². The van der Waals surface area contributed by atoms with Crippen LogP contribution in [0.1, 0.15) is 31.9 Å². The van der Waals surface area contributed by atoms with Gasteiger partial charge >= 0.3 is 0 Å². The summed E-state index contributed by atoms with van der Waals surface area (Å²) < 4.78 is 8.03.